The Bertz CT molecular complexity index is 414. The standard InChI is InChI=1S/C13H17ClN2S/c14-11-8-9(13(15)17)6-7-12(11)16-10-4-2-1-3-5-10/h6-8,10,16H,1-5H2,(H2,15,17). The number of nitrogens with one attached hydrogen (secondary N) is 1. The second-order valence-corrected chi connectivity index (χ2v) is 5.39. The van der Waals surface area contributed by atoms with Gasteiger partial charge in [-0.15, -0.1) is 0 Å². The van der Waals surface area contributed by atoms with Crippen molar-refractivity contribution in [2.75, 3.05) is 5.32 Å². The molecule has 1 aliphatic carbocycles. The number of thiocarbonyl (C=S) groups is 1. The van der Waals surface area contributed by atoms with Crippen molar-refractivity contribution in [3.8, 4) is 0 Å². The van der Waals surface area contributed by atoms with E-state index in [4.69, 9.17) is 29.6 Å². The van der Waals surface area contributed by atoms with Gasteiger partial charge in [-0.1, -0.05) is 43.1 Å². The summed E-state index contributed by atoms with van der Waals surface area (Å²) in [5.41, 5.74) is 7.37. The quantitative estimate of drug-likeness (QED) is 0.821. The van der Waals surface area contributed by atoms with Crippen molar-refractivity contribution in [1.29, 1.82) is 0 Å². The molecule has 0 aliphatic heterocycles. The third-order valence-corrected chi connectivity index (χ3v) is 3.77. The maximum absolute atomic E-state index is 6.22. The lowest BCUT2D eigenvalue weighted by atomic mass is 9.95. The van der Waals surface area contributed by atoms with Gasteiger partial charge in [0.2, 0.25) is 0 Å². The number of hydrogen-bond acceptors (Lipinski definition) is 2. The predicted octanol–water partition coefficient (Wildman–Crippen LogP) is 3.72. The molecule has 0 aromatic heterocycles. The van der Waals surface area contributed by atoms with E-state index in [1.54, 1.807) is 0 Å². The fourth-order valence-corrected chi connectivity index (χ4v) is 2.61. The average Bonchev–Trinajstić information content (AvgIpc) is 2.33. The van der Waals surface area contributed by atoms with E-state index in [2.05, 4.69) is 5.32 Å². The van der Waals surface area contributed by atoms with Crippen LogP contribution in [0.3, 0.4) is 0 Å². The van der Waals surface area contributed by atoms with Gasteiger partial charge < -0.3 is 11.1 Å². The number of nitrogens with two attached hydrogens (primary N) is 1. The average molecular weight is 269 g/mol. The molecule has 1 fully saturated rings. The van der Waals surface area contributed by atoms with Crippen LogP contribution in [0.4, 0.5) is 5.69 Å². The monoisotopic (exact) mass is 268 g/mol. The number of anilines is 1. The van der Waals surface area contributed by atoms with Gasteiger partial charge in [0.25, 0.3) is 0 Å². The van der Waals surface area contributed by atoms with Crippen LogP contribution in [-0.2, 0) is 0 Å². The second kappa shape index (κ2) is 5.69. The highest BCUT2D eigenvalue weighted by molar-refractivity contribution is 7.80. The summed E-state index contributed by atoms with van der Waals surface area (Å²) in [6.07, 6.45) is 6.42. The van der Waals surface area contributed by atoms with Gasteiger partial charge in [0.05, 0.1) is 10.7 Å². The molecule has 1 aromatic carbocycles. The van der Waals surface area contributed by atoms with E-state index in [1.165, 1.54) is 32.1 Å². The summed E-state index contributed by atoms with van der Waals surface area (Å²) in [6.45, 7) is 0. The lowest BCUT2D eigenvalue weighted by Crippen LogP contribution is -2.22. The van der Waals surface area contributed by atoms with Crippen molar-refractivity contribution in [1.82, 2.24) is 0 Å². The van der Waals surface area contributed by atoms with Crippen LogP contribution in [0.2, 0.25) is 5.02 Å². The fourth-order valence-electron chi connectivity index (χ4n) is 2.25. The number of benzene rings is 1. The Morgan fingerprint density at radius 3 is 2.59 bits per heavy atom. The van der Waals surface area contributed by atoms with Crippen LogP contribution < -0.4 is 11.1 Å². The van der Waals surface area contributed by atoms with E-state index in [0.717, 1.165) is 11.3 Å². The highest BCUT2D eigenvalue weighted by Crippen LogP contribution is 2.27. The summed E-state index contributed by atoms with van der Waals surface area (Å²) in [7, 11) is 0. The Labute approximate surface area is 113 Å². The van der Waals surface area contributed by atoms with Crippen LogP contribution in [0.15, 0.2) is 18.2 Å². The molecule has 0 atom stereocenters. The summed E-state index contributed by atoms with van der Waals surface area (Å²) in [5, 5.41) is 4.19. The van der Waals surface area contributed by atoms with Crippen molar-refractivity contribution >= 4 is 34.5 Å². The molecule has 17 heavy (non-hydrogen) atoms. The SMILES string of the molecule is NC(=S)c1ccc(NC2CCCCC2)c(Cl)c1. The molecular weight excluding hydrogens is 252 g/mol. The first kappa shape index (κ1) is 12.7. The van der Waals surface area contributed by atoms with Gasteiger partial charge in [-0.05, 0) is 31.0 Å². The molecule has 0 radical (unpaired) electrons. The van der Waals surface area contributed by atoms with Crippen LogP contribution in [0.25, 0.3) is 0 Å². The van der Waals surface area contributed by atoms with Gasteiger partial charge in [-0.3, -0.25) is 0 Å². The van der Waals surface area contributed by atoms with Crippen molar-refractivity contribution in [2.24, 2.45) is 5.73 Å². The molecule has 1 aromatic rings. The maximum Gasteiger partial charge on any atom is 0.104 e. The Morgan fingerprint density at radius 1 is 1.29 bits per heavy atom. The maximum atomic E-state index is 6.22. The molecule has 92 valence electrons. The van der Waals surface area contributed by atoms with Gasteiger partial charge >= 0.3 is 0 Å². The molecule has 0 saturated heterocycles. The van der Waals surface area contributed by atoms with Crippen LogP contribution in [0.5, 0.6) is 0 Å². The van der Waals surface area contributed by atoms with E-state index in [9.17, 15) is 0 Å². The molecule has 0 amide bonds. The summed E-state index contributed by atoms with van der Waals surface area (Å²) in [4.78, 5) is 0.385. The molecule has 0 heterocycles. The zero-order valence-electron chi connectivity index (χ0n) is 9.71. The minimum atomic E-state index is 0.385. The topological polar surface area (TPSA) is 38.0 Å². The molecular formula is C13H17ClN2S. The predicted molar refractivity (Wildman–Crippen MR) is 77.8 cm³/mol. The summed E-state index contributed by atoms with van der Waals surface area (Å²) in [6, 6.07) is 6.26. The minimum Gasteiger partial charge on any atom is -0.389 e. The molecule has 1 aliphatic rings. The summed E-state index contributed by atoms with van der Waals surface area (Å²) < 4.78 is 0. The lowest BCUT2D eigenvalue weighted by Gasteiger charge is -2.24. The van der Waals surface area contributed by atoms with Gasteiger partial charge in [-0.25, -0.2) is 0 Å². The van der Waals surface area contributed by atoms with Gasteiger partial charge in [0, 0.05) is 11.6 Å². The third-order valence-electron chi connectivity index (χ3n) is 3.22. The van der Waals surface area contributed by atoms with Crippen LogP contribution in [0.1, 0.15) is 37.7 Å². The molecule has 1 saturated carbocycles. The van der Waals surface area contributed by atoms with Gasteiger partial charge in [-0.2, -0.15) is 0 Å². The highest BCUT2D eigenvalue weighted by Gasteiger charge is 2.14. The highest BCUT2D eigenvalue weighted by atomic mass is 35.5. The molecule has 0 spiro atoms. The van der Waals surface area contributed by atoms with E-state index in [1.807, 2.05) is 18.2 Å². The molecule has 2 nitrogen and oxygen atoms in total. The Kier molecular flexibility index (Phi) is 4.24. The zero-order chi connectivity index (χ0) is 12.3. The van der Waals surface area contributed by atoms with Crippen LogP contribution in [-0.4, -0.2) is 11.0 Å². The minimum absolute atomic E-state index is 0.385. The first-order valence-corrected chi connectivity index (χ1v) is 6.81. The Morgan fingerprint density at radius 2 is 2.00 bits per heavy atom. The molecule has 4 heteroatoms. The normalized spacial score (nSPS) is 16.8. The Balaban J connectivity index is 2.08. The second-order valence-electron chi connectivity index (χ2n) is 4.54. The van der Waals surface area contributed by atoms with E-state index >= 15 is 0 Å². The zero-order valence-corrected chi connectivity index (χ0v) is 11.3. The number of halogens is 1. The van der Waals surface area contributed by atoms with Crippen LogP contribution >= 0.6 is 23.8 Å². The van der Waals surface area contributed by atoms with Crippen molar-refractivity contribution in [3.63, 3.8) is 0 Å². The fraction of sp³-hybridized carbons (Fsp3) is 0.462. The number of rotatable bonds is 3. The first-order chi connectivity index (χ1) is 8.16. The van der Waals surface area contributed by atoms with Crippen molar-refractivity contribution in [2.45, 2.75) is 38.1 Å². The van der Waals surface area contributed by atoms with E-state index < -0.39 is 0 Å². The van der Waals surface area contributed by atoms with Crippen molar-refractivity contribution in [3.05, 3.63) is 28.8 Å². The van der Waals surface area contributed by atoms with Gasteiger partial charge in [0.1, 0.15) is 4.99 Å². The molecule has 3 N–H and O–H groups in total. The van der Waals surface area contributed by atoms with Crippen LogP contribution in [0, 0.1) is 0 Å². The summed E-state index contributed by atoms with van der Waals surface area (Å²) in [5.74, 6) is 0. The third kappa shape index (κ3) is 3.33. The molecule has 0 unspecified atom stereocenters. The summed E-state index contributed by atoms with van der Waals surface area (Å²) >= 11 is 11.1. The smallest absolute Gasteiger partial charge is 0.104 e. The van der Waals surface area contributed by atoms with Gasteiger partial charge in [0.15, 0.2) is 0 Å². The molecule has 0 bridgehead atoms. The largest absolute Gasteiger partial charge is 0.389 e. The van der Waals surface area contributed by atoms with E-state index in [-0.39, 0.29) is 0 Å². The van der Waals surface area contributed by atoms with Crippen molar-refractivity contribution < 1.29 is 0 Å². The Hall–Kier alpha value is -0.800. The van der Waals surface area contributed by atoms with E-state index in [0.29, 0.717) is 16.1 Å². The molecule has 2 rings (SSSR count). The number of hydrogen-bond donors (Lipinski definition) is 2. The lowest BCUT2D eigenvalue weighted by molar-refractivity contribution is 0.463. The first-order valence-electron chi connectivity index (χ1n) is 6.02.